The zero-order valence-corrected chi connectivity index (χ0v) is 14.0. The molecule has 0 aromatic rings. The number of aliphatic imine (C=N–C) groups is 1. The van der Waals surface area contributed by atoms with Crippen molar-refractivity contribution in [2.24, 2.45) is 4.99 Å². The second kappa shape index (κ2) is 7.20. The largest absolute Gasteiger partial charge is 0.479 e. The maximum Gasteiger partial charge on any atom is 0.352 e. The highest BCUT2D eigenvalue weighted by atomic mass is 16.8. The zero-order valence-electron chi connectivity index (χ0n) is 14.0. The molecule has 0 aromatic heterocycles. The van der Waals surface area contributed by atoms with Crippen molar-refractivity contribution in [3.8, 4) is 0 Å². The van der Waals surface area contributed by atoms with Gasteiger partial charge in [0.15, 0.2) is 24.3 Å². The lowest BCUT2D eigenvalue weighted by atomic mass is 9.95. The lowest BCUT2D eigenvalue weighted by Crippen LogP contribution is -2.67. The first-order valence-corrected chi connectivity index (χ1v) is 8.09. The van der Waals surface area contributed by atoms with Gasteiger partial charge >= 0.3 is 11.9 Å². The molecule has 0 saturated carbocycles. The summed E-state index contributed by atoms with van der Waals surface area (Å²) in [7, 11) is 0. The normalized spacial score (nSPS) is 49.9. The number of carboxylic acid groups (broad SMARTS) is 1. The van der Waals surface area contributed by atoms with Crippen molar-refractivity contribution >= 4 is 11.9 Å². The minimum Gasteiger partial charge on any atom is -0.479 e. The Morgan fingerprint density at radius 3 is 2.44 bits per heavy atom. The number of hydrogen-bond donors (Lipinski definition) is 7. The number of hydrogen-bond acceptors (Lipinski definition) is 12. The van der Waals surface area contributed by atoms with Gasteiger partial charge in [-0.05, 0) is 0 Å². The third-order valence-corrected chi connectivity index (χ3v) is 4.62. The van der Waals surface area contributed by atoms with E-state index in [4.69, 9.17) is 24.1 Å². The average molecular weight is 395 g/mol. The summed E-state index contributed by atoms with van der Waals surface area (Å²) < 4.78 is 20.6. The summed E-state index contributed by atoms with van der Waals surface area (Å²) >= 11 is 0. The van der Waals surface area contributed by atoms with Gasteiger partial charge in [-0.3, -0.25) is 0 Å². The smallest absolute Gasteiger partial charge is 0.352 e. The predicted octanol–water partition coefficient (Wildman–Crippen LogP) is -4.52. The molecule has 3 heterocycles. The summed E-state index contributed by atoms with van der Waals surface area (Å²) in [5, 5.41) is 68.9. The first kappa shape index (κ1) is 20.3. The van der Waals surface area contributed by atoms with Crippen molar-refractivity contribution in [1.82, 2.24) is 0 Å². The number of rotatable bonds is 4. The Morgan fingerprint density at radius 1 is 1.19 bits per heavy atom. The van der Waals surface area contributed by atoms with Crippen molar-refractivity contribution in [3.63, 3.8) is 0 Å². The number of nitrogens with zero attached hydrogens (tertiary/aromatic N) is 1. The van der Waals surface area contributed by atoms with Crippen molar-refractivity contribution < 1.29 is 59.5 Å². The molecule has 3 aliphatic rings. The van der Waals surface area contributed by atoms with Gasteiger partial charge in [0.25, 0.3) is 0 Å². The monoisotopic (exact) mass is 395 g/mol. The second-order valence-corrected chi connectivity index (χ2v) is 6.49. The van der Waals surface area contributed by atoms with Crippen LogP contribution < -0.4 is 0 Å². The maximum absolute atomic E-state index is 11.2. The molecule has 3 aliphatic heterocycles. The van der Waals surface area contributed by atoms with E-state index >= 15 is 0 Å². The second-order valence-electron chi connectivity index (χ2n) is 6.49. The average Bonchev–Trinajstić information content (AvgIpc) is 2.91. The summed E-state index contributed by atoms with van der Waals surface area (Å²) in [5.41, 5.74) is 0. The van der Waals surface area contributed by atoms with Crippen LogP contribution in [0.15, 0.2) is 4.99 Å². The van der Waals surface area contributed by atoms with Crippen molar-refractivity contribution in [2.45, 2.75) is 68.0 Å². The van der Waals surface area contributed by atoms with E-state index in [-0.39, 0.29) is 5.90 Å². The molecule has 3 rings (SSSR count). The van der Waals surface area contributed by atoms with E-state index in [2.05, 4.69) is 4.99 Å². The Bertz CT molecular complexity index is 615. The van der Waals surface area contributed by atoms with Gasteiger partial charge in [-0.25, -0.2) is 9.79 Å². The Morgan fingerprint density at radius 2 is 1.85 bits per heavy atom. The fourth-order valence-electron chi connectivity index (χ4n) is 3.26. The summed E-state index contributed by atoms with van der Waals surface area (Å²) in [5.74, 6) is -3.99. The third-order valence-electron chi connectivity index (χ3n) is 4.62. The van der Waals surface area contributed by atoms with Gasteiger partial charge < -0.3 is 54.7 Å². The lowest BCUT2D eigenvalue weighted by Gasteiger charge is -2.46. The van der Waals surface area contributed by atoms with E-state index in [1.54, 1.807) is 0 Å². The van der Waals surface area contributed by atoms with Crippen LogP contribution >= 0.6 is 0 Å². The molecule has 13 nitrogen and oxygen atoms in total. The van der Waals surface area contributed by atoms with Crippen LogP contribution in [0.5, 0.6) is 0 Å². The Labute approximate surface area is 152 Å². The third kappa shape index (κ3) is 3.41. The van der Waals surface area contributed by atoms with Gasteiger partial charge in [-0.2, -0.15) is 0 Å². The molecule has 0 unspecified atom stereocenters. The molecule has 0 spiro atoms. The van der Waals surface area contributed by atoms with E-state index in [9.17, 15) is 35.4 Å². The first-order valence-electron chi connectivity index (χ1n) is 8.09. The van der Waals surface area contributed by atoms with E-state index in [0.29, 0.717) is 0 Å². The number of carboxylic acids is 1. The Balaban J connectivity index is 1.86. The number of fused-ring (bicyclic) bond motifs is 1. The molecule has 2 saturated heterocycles. The van der Waals surface area contributed by atoms with Crippen LogP contribution in [0.1, 0.15) is 6.92 Å². The number of aliphatic carboxylic acids is 1. The summed E-state index contributed by atoms with van der Waals surface area (Å²) in [4.78, 5) is 15.1. The van der Waals surface area contributed by atoms with Gasteiger partial charge in [-0.15, -0.1) is 0 Å². The highest BCUT2D eigenvalue weighted by Crippen LogP contribution is 2.38. The molecule has 0 aliphatic carbocycles. The minimum absolute atomic E-state index is 0.00845. The molecule has 0 radical (unpaired) electrons. The van der Waals surface area contributed by atoms with Crippen LogP contribution in [0, 0.1) is 0 Å². The SMILES string of the molecule is CC1=N[C@@H]2[C@@H](O[C@@H]3O[C@H](C(=O)O)[C@@H](O)[C@H](O)[C@H]3O)[C@@H](O)[C@@H](CO)O[C@]2(O)O1. The quantitative estimate of drug-likeness (QED) is 0.240. The predicted molar refractivity (Wildman–Crippen MR) is 80.1 cm³/mol. The molecule has 0 bridgehead atoms. The Kier molecular flexibility index (Phi) is 5.42. The van der Waals surface area contributed by atoms with E-state index < -0.39 is 73.6 Å². The van der Waals surface area contributed by atoms with Crippen molar-refractivity contribution in [3.05, 3.63) is 0 Å². The molecule has 0 amide bonds. The Hall–Kier alpha value is -1.42. The topological polar surface area (TPSA) is 208 Å². The lowest BCUT2D eigenvalue weighted by molar-refractivity contribution is -0.406. The van der Waals surface area contributed by atoms with E-state index in [1.165, 1.54) is 6.92 Å². The maximum atomic E-state index is 11.2. The van der Waals surface area contributed by atoms with Crippen LogP contribution in [-0.4, -0.2) is 115 Å². The summed E-state index contributed by atoms with van der Waals surface area (Å²) in [6, 6.07) is -1.36. The molecule has 13 heteroatoms. The molecule has 10 atom stereocenters. The summed E-state index contributed by atoms with van der Waals surface area (Å²) in [6.45, 7) is 0.662. The summed E-state index contributed by atoms with van der Waals surface area (Å²) in [6.07, 6.45) is -13.8. The molecule has 27 heavy (non-hydrogen) atoms. The fourth-order valence-corrected chi connectivity index (χ4v) is 3.26. The van der Waals surface area contributed by atoms with Crippen LogP contribution in [0.4, 0.5) is 0 Å². The van der Waals surface area contributed by atoms with Crippen molar-refractivity contribution in [1.29, 1.82) is 0 Å². The molecule has 154 valence electrons. The van der Waals surface area contributed by atoms with Crippen LogP contribution in [-0.2, 0) is 23.7 Å². The number of ether oxygens (including phenoxy) is 4. The van der Waals surface area contributed by atoms with Gasteiger partial charge in [0.05, 0.1) is 6.61 Å². The molecule has 2 fully saturated rings. The van der Waals surface area contributed by atoms with Gasteiger partial charge in [-0.1, -0.05) is 0 Å². The molecule has 0 aromatic carbocycles. The van der Waals surface area contributed by atoms with E-state index in [1.807, 2.05) is 0 Å². The highest BCUT2D eigenvalue weighted by Gasteiger charge is 2.61. The number of aliphatic hydroxyl groups is 6. The van der Waals surface area contributed by atoms with Crippen LogP contribution in [0.3, 0.4) is 0 Å². The standard InChI is InChI=1S/C14H21NO12/c1-3-15-11-9(5(17)4(2-16)27-14(11,23)26-3)24-13-8(20)6(18)7(19)10(25-13)12(21)22/h4-11,13,16-20,23H,2H2,1H3,(H,21,22)/t4-,5+,6+,7+,8-,9+,10+,11-,13-,14-/m1/s1. The van der Waals surface area contributed by atoms with E-state index in [0.717, 1.165) is 0 Å². The highest BCUT2D eigenvalue weighted by molar-refractivity contribution is 5.75. The number of carbonyl (C=O) groups is 1. The molecule has 7 N–H and O–H groups in total. The van der Waals surface area contributed by atoms with Gasteiger partial charge in [0, 0.05) is 6.92 Å². The first-order chi connectivity index (χ1) is 12.6. The van der Waals surface area contributed by atoms with Crippen LogP contribution in [0.25, 0.3) is 0 Å². The fraction of sp³-hybridized carbons (Fsp3) is 0.857. The minimum atomic E-state index is -2.37. The van der Waals surface area contributed by atoms with Crippen molar-refractivity contribution in [2.75, 3.05) is 6.61 Å². The van der Waals surface area contributed by atoms with Gasteiger partial charge in [0.1, 0.15) is 36.6 Å². The molecular formula is C14H21NO12. The zero-order chi connectivity index (χ0) is 20.1. The van der Waals surface area contributed by atoms with Crippen LogP contribution in [0.2, 0.25) is 0 Å². The number of aliphatic hydroxyl groups excluding tert-OH is 5. The van der Waals surface area contributed by atoms with Gasteiger partial charge in [0.2, 0.25) is 0 Å². The molecular weight excluding hydrogens is 374 g/mol.